The highest BCUT2D eigenvalue weighted by Gasteiger charge is 2.16. The molecule has 1 N–H and O–H groups in total. The highest BCUT2D eigenvalue weighted by atomic mass is 32.2. The van der Waals surface area contributed by atoms with Gasteiger partial charge in [-0.25, -0.2) is 0 Å². The first kappa shape index (κ1) is 11.6. The number of ether oxygens (including phenoxy) is 2. The van der Waals surface area contributed by atoms with E-state index in [0.717, 1.165) is 18.0 Å². The molecule has 1 aliphatic rings. The average Bonchev–Trinajstić information content (AvgIpc) is 2.39. The molecule has 16 heavy (non-hydrogen) atoms. The number of rotatable bonds is 3. The van der Waals surface area contributed by atoms with Crippen LogP contribution in [0.4, 0.5) is 0 Å². The van der Waals surface area contributed by atoms with Crippen LogP contribution in [0.5, 0.6) is 11.5 Å². The van der Waals surface area contributed by atoms with Gasteiger partial charge in [0.15, 0.2) is 11.5 Å². The van der Waals surface area contributed by atoms with Gasteiger partial charge in [-0.3, -0.25) is 0 Å². The van der Waals surface area contributed by atoms with E-state index in [9.17, 15) is 0 Å². The van der Waals surface area contributed by atoms with E-state index in [0.29, 0.717) is 5.37 Å². The number of hydrogen-bond donors (Lipinski definition) is 1. The van der Waals surface area contributed by atoms with Crippen molar-refractivity contribution in [2.75, 3.05) is 26.5 Å². The number of nitrogens with one attached hydrogen (secondary N) is 1. The predicted octanol–water partition coefficient (Wildman–Crippen LogP) is 2.43. The van der Waals surface area contributed by atoms with Crippen molar-refractivity contribution in [1.29, 1.82) is 0 Å². The Morgan fingerprint density at radius 3 is 2.69 bits per heavy atom. The maximum absolute atomic E-state index is 5.31. The van der Waals surface area contributed by atoms with Gasteiger partial charge in [0.2, 0.25) is 0 Å². The third-order valence-electron chi connectivity index (χ3n) is 2.65. The summed E-state index contributed by atoms with van der Waals surface area (Å²) in [6, 6.07) is 6.11. The largest absolute Gasteiger partial charge is 0.493 e. The van der Waals surface area contributed by atoms with E-state index in [-0.39, 0.29) is 0 Å². The minimum atomic E-state index is 0.383. The average molecular weight is 239 g/mol. The van der Waals surface area contributed by atoms with E-state index in [2.05, 4.69) is 17.4 Å². The highest BCUT2D eigenvalue weighted by Crippen LogP contribution is 2.35. The molecular weight excluding hydrogens is 222 g/mol. The summed E-state index contributed by atoms with van der Waals surface area (Å²) >= 11 is 1.94. The molecule has 0 radical (unpaired) electrons. The second-order valence-electron chi connectivity index (χ2n) is 3.67. The molecule has 1 aromatic rings. The van der Waals surface area contributed by atoms with Gasteiger partial charge in [0.05, 0.1) is 19.6 Å². The van der Waals surface area contributed by atoms with Crippen molar-refractivity contribution in [1.82, 2.24) is 5.32 Å². The normalized spacial score (nSPS) is 20.5. The number of benzene rings is 1. The molecule has 1 aliphatic heterocycles. The molecule has 0 bridgehead atoms. The fourth-order valence-electron chi connectivity index (χ4n) is 1.80. The van der Waals surface area contributed by atoms with Crippen molar-refractivity contribution in [3.05, 3.63) is 23.8 Å². The molecule has 3 nitrogen and oxygen atoms in total. The van der Waals surface area contributed by atoms with Crippen LogP contribution in [-0.2, 0) is 0 Å². The quantitative estimate of drug-likeness (QED) is 0.877. The van der Waals surface area contributed by atoms with Crippen LogP contribution in [0.15, 0.2) is 18.2 Å². The number of thioether (sulfide) groups is 1. The summed E-state index contributed by atoms with van der Waals surface area (Å²) in [7, 11) is 3.33. The van der Waals surface area contributed by atoms with Crippen molar-refractivity contribution in [2.24, 2.45) is 0 Å². The lowest BCUT2D eigenvalue weighted by atomic mass is 10.2. The Morgan fingerprint density at radius 1 is 1.25 bits per heavy atom. The number of hydrogen-bond acceptors (Lipinski definition) is 4. The van der Waals surface area contributed by atoms with Crippen molar-refractivity contribution < 1.29 is 9.47 Å². The van der Waals surface area contributed by atoms with Gasteiger partial charge in [0, 0.05) is 0 Å². The summed E-state index contributed by atoms with van der Waals surface area (Å²) < 4.78 is 10.5. The minimum absolute atomic E-state index is 0.383. The Bertz CT molecular complexity index is 351. The molecule has 1 atom stereocenters. The summed E-state index contributed by atoms with van der Waals surface area (Å²) in [4.78, 5) is 0. The molecule has 4 heteroatoms. The van der Waals surface area contributed by atoms with Gasteiger partial charge in [-0.1, -0.05) is 6.07 Å². The zero-order valence-electron chi connectivity index (χ0n) is 9.66. The summed E-state index contributed by atoms with van der Waals surface area (Å²) in [5.74, 6) is 2.80. The minimum Gasteiger partial charge on any atom is -0.493 e. The van der Waals surface area contributed by atoms with E-state index < -0.39 is 0 Å². The van der Waals surface area contributed by atoms with Crippen LogP contribution in [0, 0.1) is 0 Å². The molecule has 0 spiro atoms. The van der Waals surface area contributed by atoms with Crippen LogP contribution in [-0.4, -0.2) is 26.5 Å². The summed E-state index contributed by atoms with van der Waals surface area (Å²) in [5, 5.41) is 3.87. The van der Waals surface area contributed by atoms with Crippen molar-refractivity contribution in [3.63, 3.8) is 0 Å². The molecule has 1 saturated heterocycles. The van der Waals surface area contributed by atoms with E-state index in [1.807, 2.05) is 17.8 Å². The first-order chi connectivity index (χ1) is 7.85. The van der Waals surface area contributed by atoms with E-state index >= 15 is 0 Å². The van der Waals surface area contributed by atoms with Gasteiger partial charge in [-0.2, -0.15) is 0 Å². The Morgan fingerprint density at radius 2 is 2.06 bits per heavy atom. The Hall–Kier alpha value is -0.870. The topological polar surface area (TPSA) is 30.5 Å². The van der Waals surface area contributed by atoms with Gasteiger partial charge in [-0.05, 0) is 36.4 Å². The Labute approximate surface area is 101 Å². The first-order valence-electron chi connectivity index (χ1n) is 5.42. The maximum atomic E-state index is 5.31. The molecule has 1 unspecified atom stereocenters. The molecule has 0 saturated carbocycles. The zero-order valence-corrected chi connectivity index (χ0v) is 10.5. The molecule has 88 valence electrons. The van der Waals surface area contributed by atoms with Gasteiger partial charge >= 0.3 is 0 Å². The Balaban J connectivity index is 2.20. The fraction of sp³-hybridized carbons (Fsp3) is 0.500. The van der Waals surface area contributed by atoms with Crippen LogP contribution in [0.1, 0.15) is 17.4 Å². The fourth-order valence-corrected chi connectivity index (χ4v) is 2.92. The third kappa shape index (κ3) is 2.44. The first-order valence-corrected chi connectivity index (χ1v) is 6.47. The van der Waals surface area contributed by atoms with Crippen LogP contribution in [0.25, 0.3) is 0 Å². The second-order valence-corrected chi connectivity index (χ2v) is 4.89. The van der Waals surface area contributed by atoms with Gasteiger partial charge in [-0.15, -0.1) is 11.8 Å². The molecule has 1 fully saturated rings. The standard InChI is InChI=1S/C12H17NO2S/c1-14-10-5-4-9(8-11(10)15-2)12-13-6-3-7-16-12/h4-5,8,12-13H,3,6-7H2,1-2H3. The van der Waals surface area contributed by atoms with E-state index in [1.54, 1.807) is 14.2 Å². The lowest BCUT2D eigenvalue weighted by Gasteiger charge is -2.24. The van der Waals surface area contributed by atoms with Gasteiger partial charge in [0.1, 0.15) is 0 Å². The lowest BCUT2D eigenvalue weighted by molar-refractivity contribution is 0.354. The van der Waals surface area contributed by atoms with Crippen molar-refractivity contribution >= 4 is 11.8 Å². The van der Waals surface area contributed by atoms with E-state index in [1.165, 1.54) is 17.7 Å². The molecule has 1 aromatic carbocycles. The highest BCUT2D eigenvalue weighted by molar-refractivity contribution is 7.99. The molecule has 2 rings (SSSR count). The third-order valence-corrected chi connectivity index (χ3v) is 3.94. The SMILES string of the molecule is COc1ccc(C2NCCCS2)cc1OC. The van der Waals surface area contributed by atoms with E-state index in [4.69, 9.17) is 9.47 Å². The smallest absolute Gasteiger partial charge is 0.161 e. The summed E-state index contributed by atoms with van der Waals surface area (Å²) in [6.45, 7) is 1.09. The summed E-state index contributed by atoms with van der Waals surface area (Å²) in [5.41, 5.74) is 1.25. The van der Waals surface area contributed by atoms with Crippen LogP contribution in [0.3, 0.4) is 0 Å². The van der Waals surface area contributed by atoms with Crippen LogP contribution in [0.2, 0.25) is 0 Å². The van der Waals surface area contributed by atoms with Gasteiger partial charge < -0.3 is 14.8 Å². The zero-order chi connectivity index (χ0) is 11.4. The molecular formula is C12H17NO2S. The Kier molecular flexibility index (Phi) is 3.96. The monoisotopic (exact) mass is 239 g/mol. The lowest BCUT2D eigenvalue weighted by Crippen LogP contribution is -2.25. The van der Waals surface area contributed by atoms with Crippen LogP contribution >= 0.6 is 11.8 Å². The molecule has 0 amide bonds. The van der Waals surface area contributed by atoms with Crippen molar-refractivity contribution in [3.8, 4) is 11.5 Å². The van der Waals surface area contributed by atoms with Gasteiger partial charge in [0.25, 0.3) is 0 Å². The second kappa shape index (κ2) is 5.46. The molecule has 0 aromatic heterocycles. The molecule has 0 aliphatic carbocycles. The maximum Gasteiger partial charge on any atom is 0.161 e. The van der Waals surface area contributed by atoms with Crippen LogP contribution < -0.4 is 14.8 Å². The van der Waals surface area contributed by atoms with Crippen molar-refractivity contribution in [2.45, 2.75) is 11.8 Å². The number of methoxy groups -OCH3 is 2. The molecule has 1 heterocycles. The summed E-state index contributed by atoms with van der Waals surface area (Å²) in [6.07, 6.45) is 1.24. The predicted molar refractivity (Wildman–Crippen MR) is 67.4 cm³/mol.